The average molecular weight is 274 g/mol. The molecule has 3 heteroatoms. The highest BCUT2D eigenvalue weighted by molar-refractivity contribution is 5.92. The van der Waals surface area contributed by atoms with Gasteiger partial charge in [0.05, 0.1) is 0 Å². The van der Waals surface area contributed by atoms with Crippen molar-refractivity contribution in [2.24, 2.45) is 11.7 Å². The molecule has 2 rings (SSSR count). The number of nitrogens with one attached hydrogen (secondary N) is 1. The summed E-state index contributed by atoms with van der Waals surface area (Å²) in [7, 11) is 0. The van der Waals surface area contributed by atoms with Crippen LogP contribution in [0.1, 0.15) is 63.5 Å². The largest absolute Gasteiger partial charge is 0.326 e. The maximum Gasteiger partial charge on any atom is 0.227 e. The van der Waals surface area contributed by atoms with Crippen molar-refractivity contribution in [1.29, 1.82) is 0 Å². The summed E-state index contributed by atoms with van der Waals surface area (Å²) < 4.78 is 0. The summed E-state index contributed by atoms with van der Waals surface area (Å²) in [5.74, 6) is 0.365. The van der Waals surface area contributed by atoms with E-state index in [4.69, 9.17) is 5.73 Å². The maximum absolute atomic E-state index is 12.3. The normalized spacial score (nSPS) is 18.9. The van der Waals surface area contributed by atoms with Crippen LogP contribution in [0.25, 0.3) is 0 Å². The van der Waals surface area contributed by atoms with Gasteiger partial charge in [-0.15, -0.1) is 0 Å². The van der Waals surface area contributed by atoms with Crippen molar-refractivity contribution in [3.8, 4) is 0 Å². The second-order valence-electron chi connectivity index (χ2n) is 5.94. The molecule has 0 heterocycles. The standard InChI is InChI=1S/C17H26N2O/c1-13(18)14-9-11-16(12-10-14)19-17(20)15-7-5-3-2-4-6-8-15/h9-13,15H,2-8,18H2,1H3,(H,19,20). The number of benzene rings is 1. The van der Waals surface area contributed by atoms with Gasteiger partial charge in [0.15, 0.2) is 0 Å². The van der Waals surface area contributed by atoms with Crippen molar-refractivity contribution in [3.63, 3.8) is 0 Å². The van der Waals surface area contributed by atoms with Gasteiger partial charge in [-0.1, -0.05) is 44.2 Å². The molecule has 3 N–H and O–H groups in total. The summed E-state index contributed by atoms with van der Waals surface area (Å²) >= 11 is 0. The van der Waals surface area contributed by atoms with Crippen LogP contribution in [0.2, 0.25) is 0 Å². The van der Waals surface area contributed by atoms with Crippen LogP contribution in [0.3, 0.4) is 0 Å². The molecule has 1 unspecified atom stereocenters. The van der Waals surface area contributed by atoms with Crippen LogP contribution in [0, 0.1) is 5.92 Å². The van der Waals surface area contributed by atoms with Crippen molar-refractivity contribution < 1.29 is 4.79 Å². The third-order valence-corrected chi connectivity index (χ3v) is 4.18. The van der Waals surface area contributed by atoms with Crippen molar-refractivity contribution in [3.05, 3.63) is 29.8 Å². The van der Waals surface area contributed by atoms with Gasteiger partial charge in [0.25, 0.3) is 0 Å². The Morgan fingerprint density at radius 1 is 1.10 bits per heavy atom. The van der Waals surface area contributed by atoms with E-state index in [1.54, 1.807) is 0 Å². The third kappa shape index (κ3) is 4.34. The van der Waals surface area contributed by atoms with Crippen molar-refractivity contribution >= 4 is 11.6 Å². The van der Waals surface area contributed by atoms with Gasteiger partial charge in [-0.3, -0.25) is 4.79 Å². The summed E-state index contributed by atoms with van der Waals surface area (Å²) in [5.41, 5.74) is 7.79. The molecule has 0 radical (unpaired) electrons. The number of hydrogen-bond donors (Lipinski definition) is 2. The number of nitrogens with two attached hydrogens (primary N) is 1. The van der Waals surface area contributed by atoms with E-state index < -0.39 is 0 Å². The average Bonchev–Trinajstić information content (AvgIpc) is 2.38. The van der Waals surface area contributed by atoms with Gasteiger partial charge in [0.2, 0.25) is 5.91 Å². The molecule has 1 saturated carbocycles. The van der Waals surface area contributed by atoms with Crippen LogP contribution < -0.4 is 11.1 Å². The molecule has 1 aromatic carbocycles. The van der Waals surface area contributed by atoms with Crippen molar-refractivity contribution in [1.82, 2.24) is 0 Å². The topological polar surface area (TPSA) is 55.1 Å². The van der Waals surface area contributed by atoms with Crippen LogP contribution in [-0.2, 0) is 4.79 Å². The number of rotatable bonds is 3. The molecule has 0 saturated heterocycles. The van der Waals surface area contributed by atoms with Gasteiger partial charge in [0.1, 0.15) is 0 Å². The predicted octanol–water partition coefficient (Wildman–Crippen LogP) is 4.01. The lowest BCUT2D eigenvalue weighted by molar-refractivity contribution is -0.120. The Hall–Kier alpha value is -1.35. The molecule has 1 aromatic rings. The van der Waals surface area contributed by atoms with E-state index in [-0.39, 0.29) is 17.9 Å². The second-order valence-corrected chi connectivity index (χ2v) is 5.94. The molecular weight excluding hydrogens is 248 g/mol. The van der Waals surface area contributed by atoms with E-state index >= 15 is 0 Å². The highest BCUT2D eigenvalue weighted by atomic mass is 16.1. The quantitative estimate of drug-likeness (QED) is 0.875. The fraction of sp³-hybridized carbons (Fsp3) is 0.588. The molecule has 20 heavy (non-hydrogen) atoms. The van der Waals surface area contributed by atoms with Crippen LogP contribution in [0.5, 0.6) is 0 Å². The molecule has 1 aliphatic rings. The summed E-state index contributed by atoms with van der Waals surface area (Å²) in [6.07, 6.45) is 8.30. The Morgan fingerprint density at radius 3 is 2.20 bits per heavy atom. The van der Waals surface area contributed by atoms with E-state index in [0.29, 0.717) is 0 Å². The molecule has 1 amide bonds. The van der Waals surface area contributed by atoms with Crippen LogP contribution >= 0.6 is 0 Å². The minimum atomic E-state index is 0.0327. The van der Waals surface area contributed by atoms with Gasteiger partial charge < -0.3 is 11.1 Å². The fourth-order valence-corrected chi connectivity index (χ4v) is 2.83. The van der Waals surface area contributed by atoms with Crippen molar-refractivity contribution in [2.45, 2.75) is 57.9 Å². The molecule has 0 aromatic heterocycles. The molecular formula is C17H26N2O. The smallest absolute Gasteiger partial charge is 0.227 e. The zero-order valence-corrected chi connectivity index (χ0v) is 12.4. The first-order valence-electron chi connectivity index (χ1n) is 7.83. The zero-order valence-electron chi connectivity index (χ0n) is 12.4. The number of hydrogen-bond acceptors (Lipinski definition) is 2. The molecule has 110 valence electrons. The highest BCUT2D eigenvalue weighted by Crippen LogP contribution is 2.24. The molecule has 1 fully saturated rings. The second kappa shape index (κ2) is 7.44. The van der Waals surface area contributed by atoms with E-state index in [0.717, 1.165) is 24.1 Å². The lowest BCUT2D eigenvalue weighted by Gasteiger charge is -2.19. The zero-order chi connectivity index (χ0) is 14.4. The van der Waals surface area contributed by atoms with Gasteiger partial charge in [0, 0.05) is 17.6 Å². The van der Waals surface area contributed by atoms with Crippen LogP contribution in [0.4, 0.5) is 5.69 Å². The Kier molecular flexibility index (Phi) is 5.60. The minimum absolute atomic E-state index is 0.0327. The first-order chi connectivity index (χ1) is 9.66. The lowest BCUT2D eigenvalue weighted by Crippen LogP contribution is -2.23. The molecule has 3 nitrogen and oxygen atoms in total. The lowest BCUT2D eigenvalue weighted by atomic mass is 9.90. The summed E-state index contributed by atoms with van der Waals surface area (Å²) in [6.45, 7) is 1.96. The SMILES string of the molecule is CC(N)c1ccc(NC(=O)C2CCCCCCC2)cc1. The molecule has 0 spiro atoms. The molecule has 1 aliphatic carbocycles. The molecule has 1 atom stereocenters. The third-order valence-electron chi connectivity index (χ3n) is 4.18. The van der Waals surface area contributed by atoms with E-state index in [1.807, 2.05) is 31.2 Å². The van der Waals surface area contributed by atoms with Crippen molar-refractivity contribution in [2.75, 3.05) is 5.32 Å². The predicted molar refractivity (Wildman–Crippen MR) is 83.5 cm³/mol. The Morgan fingerprint density at radius 2 is 1.65 bits per heavy atom. The molecule has 0 aliphatic heterocycles. The first-order valence-corrected chi connectivity index (χ1v) is 7.83. The summed E-state index contributed by atoms with van der Waals surface area (Å²) in [5, 5.41) is 3.05. The van der Waals surface area contributed by atoms with Crippen LogP contribution in [0.15, 0.2) is 24.3 Å². The minimum Gasteiger partial charge on any atom is -0.326 e. The number of anilines is 1. The van der Waals surface area contributed by atoms with Gasteiger partial charge in [-0.25, -0.2) is 0 Å². The maximum atomic E-state index is 12.3. The van der Waals surface area contributed by atoms with Gasteiger partial charge in [-0.05, 0) is 37.5 Å². The monoisotopic (exact) mass is 274 g/mol. The summed E-state index contributed by atoms with van der Waals surface area (Å²) in [6, 6.07) is 7.89. The fourth-order valence-electron chi connectivity index (χ4n) is 2.83. The van der Waals surface area contributed by atoms with Gasteiger partial charge in [-0.2, -0.15) is 0 Å². The number of carbonyl (C=O) groups is 1. The first kappa shape index (κ1) is 15.0. The van der Waals surface area contributed by atoms with Crippen LogP contribution in [-0.4, -0.2) is 5.91 Å². The highest BCUT2D eigenvalue weighted by Gasteiger charge is 2.19. The van der Waals surface area contributed by atoms with E-state index in [1.165, 1.54) is 32.1 Å². The van der Waals surface area contributed by atoms with E-state index in [9.17, 15) is 4.79 Å². The number of carbonyl (C=O) groups excluding carboxylic acids is 1. The Balaban J connectivity index is 1.92. The number of amides is 1. The molecule has 0 bridgehead atoms. The Bertz CT molecular complexity index is 417. The van der Waals surface area contributed by atoms with Gasteiger partial charge >= 0.3 is 0 Å². The Labute approximate surface area is 121 Å². The summed E-state index contributed by atoms with van der Waals surface area (Å²) in [4.78, 5) is 12.3. The van der Waals surface area contributed by atoms with E-state index in [2.05, 4.69) is 5.32 Å².